The summed E-state index contributed by atoms with van der Waals surface area (Å²) >= 11 is 0. The van der Waals surface area contributed by atoms with Crippen molar-refractivity contribution in [1.29, 1.82) is 0 Å². The van der Waals surface area contributed by atoms with E-state index in [0.29, 0.717) is 24.2 Å². The van der Waals surface area contributed by atoms with Gasteiger partial charge in [0.1, 0.15) is 0 Å². The molecule has 2 aromatic heterocycles. The highest BCUT2D eigenvalue weighted by Gasteiger charge is 2.22. The fraction of sp³-hybridized carbons (Fsp3) is 0.160. The van der Waals surface area contributed by atoms with Gasteiger partial charge in [0, 0.05) is 29.0 Å². The number of aromatic nitrogens is 2. The number of ether oxygens (including phenoxy) is 2. The number of benzene rings is 2. The Hall–Kier alpha value is -3.46. The molecule has 1 N–H and O–H groups in total. The molecule has 1 saturated heterocycles. The van der Waals surface area contributed by atoms with Crippen molar-refractivity contribution in [3.63, 3.8) is 0 Å². The Kier molecular flexibility index (Phi) is 5.72. The van der Waals surface area contributed by atoms with Gasteiger partial charge >= 0.3 is 0 Å². The average molecular weight is 462 g/mol. The number of pyridine rings is 1. The molecule has 168 valence electrons. The number of para-hydroxylation sites is 1. The second kappa shape index (κ2) is 8.82. The third-order valence-electron chi connectivity index (χ3n) is 5.41. The minimum Gasteiger partial charge on any atom is -0.354 e. The number of rotatable bonds is 6. The van der Waals surface area contributed by atoms with E-state index in [1.807, 2.05) is 49.4 Å². The van der Waals surface area contributed by atoms with Crippen molar-refractivity contribution < 1.29 is 17.9 Å². The van der Waals surface area contributed by atoms with Crippen LogP contribution in [0.3, 0.4) is 0 Å². The standard InChI is InChI=1S/C25H23N3O4S/c1-18-7-10-21(11-8-18)33(29,30)28-14-13-22-24(27-20-5-3-2-4-6-20)19(17-26-25(22)28)9-12-23-31-15-16-32-23/h2-14,17,23H,15-16H2,1H3,(H,26,27). The van der Waals surface area contributed by atoms with Crippen LogP contribution in [0.4, 0.5) is 11.4 Å². The molecular formula is C25H23N3O4S. The van der Waals surface area contributed by atoms with E-state index in [1.54, 1.807) is 42.7 Å². The lowest BCUT2D eigenvalue weighted by atomic mass is 10.1. The first-order valence-corrected chi connectivity index (χ1v) is 12.0. The maximum Gasteiger partial charge on any atom is 0.269 e. The summed E-state index contributed by atoms with van der Waals surface area (Å²) in [5, 5.41) is 4.11. The number of anilines is 2. The lowest BCUT2D eigenvalue weighted by molar-refractivity contribution is -0.000907. The normalized spacial score (nSPS) is 14.9. The molecule has 2 aromatic carbocycles. The summed E-state index contributed by atoms with van der Waals surface area (Å²) in [5.41, 5.74) is 3.75. The van der Waals surface area contributed by atoms with Crippen LogP contribution < -0.4 is 5.32 Å². The first-order valence-electron chi connectivity index (χ1n) is 10.6. The predicted molar refractivity (Wildman–Crippen MR) is 128 cm³/mol. The Morgan fingerprint density at radius 2 is 1.76 bits per heavy atom. The fourth-order valence-corrected chi connectivity index (χ4v) is 5.00. The Bertz CT molecular complexity index is 1410. The number of nitrogens with zero attached hydrogens (tertiary/aromatic N) is 2. The topological polar surface area (TPSA) is 82.5 Å². The van der Waals surface area contributed by atoms with Crippen LogP contribution >= 0.6 is 0 Å². The molecule has 1 aliphatic rings. The first kappa shape index (κ1) is 21.4. The monoisotopic (exact) mass is 461 g/mol. The van der Waals surface area contributed by atoms with Crippen molar-refractivity contribution in [3.8, 4) is 0 Å². The van der Waals surface area contributed by atoms with Gasteiger partial charge in [0.25, 0.3) is 10.0 Å². The summed E-state index contributed by atoms with van der Waals surface area (Å²) in [5.74, 6) is 0. The second-order valence-corrected chi connectivity index (χ2v) is 9.53. The van der Waals surface area contributed by atoms with E-state index in [0.717, 1.165) is 22.5 Å². The van der Waals surface area contributed by atoms with Gasteiger partial charge in [-0.05, 0) is 43.3 Å². The quantitative estimate of drug-likeness (QED) is 0.448. The van der Waals surface area contributed by atoms with Gasteiger partial charge in [0.15, 0.2) is 11.9 Å². The summed E-state index contributed by atoms with van der Waals surface area (Å²) in [6.07, 6.45) is 6.49. The van der Waals surface area contributed by atoms with Crippen LogP contribution in [0.15, 0.2) is 84.0 Å². The first-order chi connectivity index (χ1) is 16.0. The van der Waals surface area contributed by atoms with Crippen LogP contribution in [-0.2, 0) is 19.5 Å². The summed E-state index contributed by atoms with van der Waals surface area (Å²) in [6, 6.07) is 18.2. The van der Waals surface area contributed by atoms with E-state index in [9.17, 15) is 8.42 Å². The molecule has 0 spiro atoms. The molecule has 0 saturated carbocycles. The summed E-state index contributed by atoms with van der Waals surface area (Å²) < 4.78 is 38.9. The van der Waals surface area contributed by atoms with Gasteiger partial charge in [-0.2, -0.15) is 0 Å². The molecule has 8 heteroatoms. The van der Waals surface area contributed by atoms with Gasteiger partial charge in [0.2, 0.25) is 0 Å². The second-order valence-electron chi connectivity index (χ2n) is 7.72. The van der Waals surface area contributed by atoms with E-state index >= 15 is 0 Å². The largest absolute Gasteiger partial charge is 0.354 e. The van der Waals surface area contributed by atoms with Gasteiger partial charge in [-0.3, -0.25) is 0 Å². The fourth-order valence-electron chi connectivity index (χ4n) is 3.70. The van der Waals surface area contributed by atoms with E-state index < -0.39 is 16.3 Å². The zero-order valence-corrected chi connectivity index (χ0v) is 18.8. The Morgan fingerprint density at radius 3 is 2.48 bits per heavy atom. The molecule has 0 amide bonds. The van der Waals surface area contributed by atoms with Crippen molar-refractivity contribution in [2.24, 2.45) is 0 Å². The maximum atomic E-state index is 13.3. The minimum absolute atomic E-state index is 0.212. The SMILES string of the molecule is Cc1ccc(S(=O)(=O)n2ccc3c(Nc4ccccc4)c(C=CC4OCCO4)cnc32)cc1. The Labute approximate surface area is 192 Å². The number of fused-ring (bicyclic) bond motifs is 1. The van der Waals surface area contributed by atoms with Gasteiger partial charge < -0.3 is 14.8 Å². The van der Waals surface area contributed by atoms with Gasteiger partial charge in [-0.1, -0.05) is 42.0 Å². The average Bonchev–Trinajstić information content (AvgIpc) is 3.50. The van der Waals surface area contributed by atoms with Crippen molar-refractivity contribution in [1.82, 2.24) is 8.96 Å². The highest BCUT2D eigenvalue weighted by Crippen LogP contribution is 2.32. The molecule has 0 aliphatic carbocycles. The van der Waals surface area contributed by atoms with Crippen molar-refractivity contribution >= 4 is 38.5 Å². The molecule has 7 nitrogen and oxygen atoms in total. The molecule has 1 aliphatic heterocycles. The molecule has 3 heterocycles. The third kappa shape index (κ3) is 4.28. The van der Waals surface area contributed by atoms with E-state index in [1.165, 1.54) is 3.97 Å². The third-order valence-corrected chi connectivity index (χ3v) is 7.09. The maximum absolute atomic E-state index is 13.3. The zero-order valence-electron chi connectivity index (χ0n) is 18.0. The molecule has 0 unspecified atom stereocenters. The lowest BCUT2D eigenvalue weighted by Crippen LogP contribution is -2.12. The number of hydrogen-bond donors (Lipinski definition) is 1. The van der Waals surface area contributed by atoms with Crippen molar-refractivity contribution in [3.05, 3.63) is 90.3 Å². The molecular weight excluding hydrogens is 438 g/mol. The number of aryl methyl sites for hydroxylation is 1. The van der Waals surface area contributed by atoms with Gasteiger partial charge in [-0.25, -0.2) is 17.4 Å². The number of nitrogens with one attached hydrogen (secondary N) is 1. The Balaban J connectivity index is 1.62. The van der Waals surface area contributed by atoms with Crippen LogP contribution in [0.1, 0.15) is 11.1 Å². The molecule has 0 atom stereocenters. The van der Waals surface area contributed by atoms with Gasteiger partial charge in [0.05, 0.1) is 23.8 Å². The van der Waals surface area contributed by atoms with E-state index in [4.69, 9.17) is 9.47 Å². The molecule has 5 rings (SSSR count). The summed E-state index contributed by atoms with van der Waals surface area (Å²) in [6.45, 7) is 3.03. The summed E-state index contributed by atoms with van der Waals surface area (Å²) in [7, 11) is -3.80. The van der Waals surface area contributed by atoms with Crippen molar-refractivity contribution in [2.75, 3.05) is 18.5 Å². The highest BCUT2D eigenvalue weighted by molar-refractivity contribution is 7.90. The molecule has 4 aromatic rings. The van der Waals surface area contributed by atoms with Crippen LogP contribution in [-0.4, -0.2) is 36.9 Å². The van der Waals surface area contributed by atoms with E-state index in [-0.39, 0.29) is 4.90 Å². The van der Waals surface area contributed by atoms with Crippen molar-refractivity contribution in [2.45, 2.75) is 18.1 Å². The predicted octanol–water partition coefficient (Wildman–Crippen LogP) is 4.71. The number of hydrogen-bond acceptors (Lipinski definition) is 6. The van der Waals surface area contributed by atoms with Gasteiger partial charge in [-0.15, -0.1) is 0 Å². The van der Waals surface area contributed by atoms with Crippen LogP contribution in [0.2, 0.25) is 0 Å². The van der Waals surface area contributed by atoms with E-state index in [2.05, 4.69) is 10.3 Å². The minimum atomic E-state index is -3.80. The van der Waals surface area contributed by atoms with Crippen LogP contribution in [0.25, 0.3) is 17.1 Å². The highest BCUT2D eigenvalue weighted by atomic mass is 32.2. The molecule has 0 radical (unpaired) electrons. The molecule has 33 heavy (non-hydrogen) atoms. The summed E-state index contributed by atoms with van der Waals surface area (Å²) in [4.78, 5) is 4.72. The smallest absolute Gasteiger partial charge is 0.269 e. The van der Waals surface area contributed by atoms with Crippen LogP contribution in [0, 0.1) is 6.92 Å². The zero-order chi connectivity index (χ0) is 22.8. The Morgan fingerprint density at radius 1 is 1.03 bits per heavy atom. The molecule has 1 fully saturated rings. The molecule has 0 bridgehead atoms. The van der Waals surface area contributed by atoms with Crippen LogP contribution in [0.5, 0.6) is 0 Å². The lowest BCUT2D eigenvalue weighted by Gasteiger charge is -2.13.